The maximum atomic E-state index is 14.1. The molecule has 2 aliphatic rings. The van der Waals surface area contributed by atoms with Crippen molar-refractivity contribution in [3.8, 4) is 0 Å². The first-order valence-corrected chi connectivity index (χ1v) is 11.3. The minimum atomic E-state index is -0.615. The number of esters is 1. The first-order chi connectivity index (χ1) is 14.8. The average Bonchev–Trinajstić information content (AvgIpc) is 3.13. The van der Waals surface area contributed by atoms with Gasteiger partial charge in [0.05, 0.1) is 30.8 Å². The molecule has 2 heterocycles. The van der Waals surface area contributed by atoms with E-state index in [0.717, 1.165) is 12.1 Å². The highest BCUT2D eigenvalue weighted by Crippen LogP contribution is 2.45. The molecule has 0 aliphatic carbocycles. The van der Waals surface area contributed by atoms with E-state index in [2.05, 4.69) is 24.2 Å². The standard InChI is InChI=1S/C23H28FN3O3S/c1-5-18-20(22(29)30-4)21(15-7-6-8-16(24)11-15)27-17(13-31-23(27)26-18)12-19(28)25-10-9-14(2)3/h6-8,11,13-14,21H,5,9-10,12H2,1-4H3,(H,25,28)/t21-/m1/s1. The van der Waals surface area contributed by atoms with Crippen molar-refractivity contribution in [3.63, 3.8) is 0 Å². The first kappa shape index (κ1) is 23.1. The Hall–Kier alpha value is -2.61. The summed E-state index contributed by atoms with van der Waals surface area (Å²) in [6.45, 7) is 6.73. The number of carbonyl (C=O) groups excluding carboxylic acids is 2. The van der Waals surface area contributed by atoms with Gasteiger partial charge in [-0.05, 0) is 41.9 Å². The van der Waals surface area contributed by atoms with Crippen LogP contribution in [-0.2, 0) is 14.3 Å². The number of allylic oxidation sites excluding steroid dienone is 1. The fourth-order valence-electron chi connectivity index (χ4n) is 3.63. The van der Waals surface area contributed by atoms with Gasteiger partial charge in [-0.3, -0.25) is 4.79 Å². The van der Waals surface area contributed by atoms with Gasteiger partial charge in [-0.15, -0.1) is 0 Å². The number of halogens is 1. The maximum Gasteiger partial charge on any atom is 0.338 e. The van der Waals surface area contributed by atoms with E-state index in [1.165, 1.54) is 31.0 Å². The fraction of sp³-hybridized carbons (Fsp3) is 0.435. The lowest BCUT2D eigenvalue weighted by Gasteiger charge is -2.36. The minimum Gasteiger partial charge on any atom is -0.466 e. The zero-order valence-corrected chi connectivity index (χ0v) is 19.1. The van der Waals surface area contributed by atoms with Gasteiger partial charge >= 0.3 is 5.97 Å². The van der Waals surface area contributed by atoms with Crippen molar-refractivity contribution in [1.82, 2.24) is 10.2 Å². The van der Waals surface area contributed by atoms with E-state index in [4.69, 9.17) is 4.74 Å². The van der Waals surface area contributed by atoms with Crippen molar-refractivity contribution in [1.29, 1.82) is 0 Å². The number of benzene rings is 1. The predicted octanol–water partition coefficient (Wildman–Crippen LogP) is 4.52. The maximum absolute atomic E-state index is 14.1. The van der Waals surface area contributed by atoms with E-state index < -0.39 is 17.8 Å². The zero-order valence-electron chi connectivity index (χ0n) is 18.3. The van der Waals surface area contributed by atoms with E-state index in [0.29, 0.717) is 40.9 Å². The lowest BCUT2D eigenvalue weighted by molar-refractivity contribution is -0.136. The summed E-state index contributed by atoms with van der Waals surface area (Å²) in [5.74, 6) is -0.504. The molecule has 0 fully saturated rings. The lowest BCUT2D eigenvalue weighted by atomic mass is 9.93. The Labute approximate surface area is 186 Å². The average molecular weight is 446 g/mol. The molecule has 1 N–H and O–H groups in total. The summed E-state index contributed by atoms with van der Waals surface area (Å²) in [6.07, 6.45) is 1.57. The molecule has 3 rings (SSSR count). The van der Waals surface area contributed by atoms with Crippen LogP contribution in [0.4, 0.5) is 4.39 Å². The SMILES string of the molecule is CCC1=C(C(=O)OC)[C@@H](c2cccc(F)c2)N2C(CC(=O)NCCC(C)C)=CSC2=N1. The molecule has 0 aromatic heterocycles. The summed E-state index contributed by atoms with van der Waals surface area (Å²) in [7, 11) is 1.32. The highest BCUT2D eigenvalue weighted by Gasteiger charge is 2.41. The van der Waals surface area contributed by atoms with Crippen molar-refractivity contribution in [2.75, 3.05) is 13.7 Å². The quantitative estimate of drug-likeness (QED) is 0.596. The van der Waals surface area contributed by atoms with Gasteiger partial charge in [-0.2, -0.15) is 0 Å². The van der Waals surface area contributed by atoms with Gasteiger partial charge in [0.2, 0.25) is 5.91 Å². The van der Waals surface area contributed by atoms with Crippen molar-refractivity contribution in [2.45, 2.75) is 46.1 Å². The molecule has 31 heavy (non-hydrogen) atoms. The molecule has 0 radical (unpaired) electrons. The third-order valence-corrected chi connectivity index (χ3v) is 6.07. The molecule has 0 saturated heterocycles. The Morgan fingerprint density at radius 3 is 2.77 bits per heavy atom. The van der Waals surface area contributed by atoms with Crippen molar-refractivity contribution < 1.29 is 18.7 Å². The van der Waals surface area contributed by atoms with Crippen molar-refractivity contribution >= 4 is 28.8 Å². The Balaban J connectivity index is 1.95. The molecule has 8 heteroatoms. The molecule has 166 valence electrons. The topological polar surface area (TPSA) is 71.0 Å². The molecule has 0 unspecified atom stereocenters. The Morgan fingerprint density at radius 2 is 2.13 bits per heavy atom. The van der Waals surface area contributed by atoms with Crippen LogP contribution in [0.15, 0.2) is 51.6 Å². The van der Waals surface area contributed by atoms with Gasteiger partial charge in [0.15, 0.2) is 5.17 Å². The summed E-state index contributed by atoms with van der Waals surface area (Å²) >= 11 is 1.40. The third-order valence-electron chi connectivity index (χ3n) is 5.18. The summed E-state index contributed by atoms with van der Waals surface area (Å²) in [4.78, 5) is 31.8. The van der Waals surface area contributed by atoms with Crippen molar-refractivity contribution in [2.24, 2.45) is 10.9 Å². The summed E-state index contributed by atoms with van der Waals surface area (Å²) in [5.41, 5.74) is 2.30. The number of aliphatic imine (C=N–C) groups is 1. The molecule has 0 saturated carbocycles. The van der Waals surface area contributed by atoms with Gasteiger partial charge in [-0.25, -0.2) is 14.2 Å². The third kappa shape index (κ3) is 5.18. The molecular weight excluding hydrogens is 417 g/mol. The van der Waals surface area contributed by atoms with Crippen LogP contribution >= 0.6 is 11.8 Å². The highest BCUT2D eigenvalue weighted by atomic mass is 32.2. The number of amides is 1. The van der Waals surface area contributed by atoms with Crippen LogP contribution < -0.4 is 5.32 Å². The lowest BCUT2D eigenvalue weighted by Crippen LogP contribution is -2.38. The summed E-state index contributed by atoms with van der Waals surface area (Å²) < 4.78 is 19.2. The Kier molecular flexibility index (Phi) is 7.54. The van der Waals surface area contributed by atoms with Crippen LogP contribution in [0.25, 0.3) is 0 Å². The normalized spacial score (nSPS) is 18.0. The number of ether oxygens (including phenoxy) is 1. The second kappa shape index (κ2) is 10.1. The van der Waals surface area contributed by atoms with Crippen LogP contribution in [-0.4, -0.2) is 35.6 Å². The number of carbonyl (C=O) groups is 2. The van der Waals surface area contributed by atoms with Crippen molar-refractivity contribution in [3.05, 3.63) is 58.0 Å². The fourth-order valence-corrected chi connectivity index (χ4v) is 4.57. The number of amidine groups is 1. The van der Waals surface area contributed by atoms with Gasteiger partial charge in [0.25, 0.3) is 0 Å². The van der Waals surface area contributed by atoms with Gasteiger partial charge in [0.1, 0.15) is 5.82 Å². The summed E-state index contributed by atoms with van der Waals surface area (Å²) in [5, 5.41) is 5.49. The smallest absolute Gasteiger partial charge is 0.338 e. The molecule has 1 aromatic rings. The van der Waals surface area contributed by atoms with Gasteiger partial charge in [-0.1, -0.05) is 44.7 Å². The van der Waals surface area contributed by atoms with E-state index in [1.54, 1.807) is 12.1 Å². The molecule has 0 spiro atoms. The monoisotopic (exact) mass is 445 g/mol. The highest BCUT2D eigenvalue weighted by molar-refractivity contribution is 8.16. The van der Waals surface area contributed by atoms with Crippen LogP contribution in [0.5, 0.6) is 0 Å². The van der Waals surface area contributed by atoms with E-state index in [-0.39, 0.29) is 12.3 Å². The second-order valence-corrected chi connectivity index (χ2v) is 8.70. The molecule has 1 atom stereocenters. The Morgan fingerprint density at radius 1 is 1.35 bits per heavy atom. The van der Waals surface area contributed by atoms with Crippen LogP contribution in [0, 0.1) is 11.7 Å². The van der Waals surface area contributed by atoms with Crippen LogP contribution in [0.1, 0.15) is 51.6 Å². The number of rotatable bonds is 8. The number of hydrogen-bond acceptors (Lipinski definition) is 6. The molecule has 0 bridgehead atoms. The summed E-state index contributed by atoms with van der Waals surface area (Å²) in [6, 6.07) is 5.54. The number of nitrogens with one attached hydrogen (secondary N) is 1. The largest absolute Gasteiger partial charge is 0.466 e. The van der Waals surface area contributed by atoms with Crippen LogP contribution in [0.3, 0.4) is 0 Å². The predicted molar refractivity (Wildman–Crippen MR) is 121 cm³/mol. The number of hydrogen-bond donors (Lipinski definition) is 1. The van der Waals surface area contributed by atoms with Gasteiger partial charge < -0.3 is 15.0 Å². The van der Waals surface area contributed by atoms with Gasteiger partial charge in [0, 0.05) is 12.2 Å². The first-order valence-electron chi connectivity index (χ1n) is 10.4. The van der Waals surface area contributed by atoms with E-state index >= 15 is 0 Å². The zero-order chi connectivity index (χ0) is 22.5. The van der Waals surface area contributed by atoms with Crippen LogP contribution in [0.2, 0.25) is 0 Å². The molecule has 1 amide bonds. The van der Waals surface area contributed by atoms with E-state index in [1.807, 2.05) is 17.2 Å². The number of nitrogens with zero attached hydrogens (tertiary/aromatic N) is 2. The molecular formula is C23H28FN3O3S. The Bertz CT molecular complexity index is 955. The van der Waals surface area contributed by atoms with E-state index in [9.17, 15) is 14.0 Å². The number of methoxy groups -OCH3 is 1. The molecule has 2 aliphatic heterocycles. The minimum absolute atomic E-state index is 0.100. The molecule has 6 nitrogen and oxygen atoms in total. The number of fused-ring (bicyclic) bond motifs is 1. The molecule has 1 aromatic carbocycles. The second-order valence-electron chi connectivity index (χ2n) is 7.86. The number of thioether (sulfide) groups is 1.